The summed E-state index contributed by atoms with van der Waals surface area (Å²) in [6.07, 6.45) is 9.92. The second-order valence-corrected chi connectivity index (χ2v) is 3.02. The summed E-state index contributed by atoms with van der Waals surface area (Å²) in [5.74, 6) is 0. The molecule has 0 aromatic heterocycles. The minimum Gasteiger partial charge on any atom is -0.0988 e. The van der Waals surface area contributed by atoms with E-state index in [2.05, 4.69) is 39.5 Å². The predicted octanol–water partition coefficient (Wildman–Crippen LogP) is 4.26. The molecule has 0 aromatic carbocycles. The Morgan fingerprint density at radius 3 is 2.50 bits per heavy atom. The van der Waals surface area contributed by atoms with Crippen LogP contribution in [0.2, 0.25) is 0 Å². The van der Waals surface area contributed by atoms with Crippen molar-refractivity contribution in [2.45, 2.75) is 40.0 Å². The molecule has 0 rings (SSSR count). The van der Waals surface area contributed by atoms with Crippen LogP contribution in [-0.4, -0.2) is 0 Å². The molecule has 0 aromatic rings. The number of allylic oxidation sites excluding steroid dienone is 5. The monoisotopic (exact) mass is 164 g/mol. The van der Waals surface area contributed by atoms with Crippen LogP contribution in [0, 0.1) is 0 Å². The maximum Gasteiger partial charge on any atom is -0.0276 e. The van der Waals surface area contributed by atoms with Crippen molar-refractivity contribution in [1.29, 1.82) is 0 Å². The second-order valence-electron chi connectivity index (χ2n) is 3.02. The molecule has 0 fully saturated rings. The Morgan fingerprint density at radius 2 is 2.08 bits per heavy atom. The molecule has 0 spiro atoms. The summed E-state index contributed by atoms with van der Waals surface area (Å²) in [4.78, 5) is 0. The molecule has 0 aliphatic rings. The van der Waals surface area contributed by atoms with Crippen molar-refractivity contribution in [3.8, 4) is 0 Å². The van der Waals surface area contributed by atoms with Crippen LogP contribution < -0.4 is 0 Å². The van der Waals surface area contributed by atoms with E-state index in [1.807, 2.05) is 6.08 Å². The van der Waals surface area contributed by atoms with Gasteiger partial charge >= 0.3 is 0 Å². The third kappa shape index (κ3) is 4.17. The van der Waals surface area contributed by atoms with Crippen molar-refractivity contribution in [3.63, 3.8) is 0 Å². The fourth-order valence-corrected chi connectivity index (χ4v) is 1.11. The molecule has 0 saturated heterocycles. The highest BCUT2D eigenvalue weighted by molar-refractivity contribution is 5.30. The Kier molecular flexibility index (Phi) is 6.45. The van der Waals surface area contributed by atoms with Gasteiger partial charge in [-0.2, -0.15) is 0 Å². The normalized spacial score (nSPS) is 13.2. The number of hydrogen-bond donors (Lipinski definition) is 0. The lowest BCUT2D eigenvalue weighted by Gasteiger charge is -2.03. The standard InChI is InChI=1S/C12H20/c1-5-8-10-12(9-6-2)11(4)7-3/h6-7,9H,3,5,8,10H2,1-2,4H3/b9-6-,12-11+. The highest BCUT2D eigenvalue weighted by Crippen LogP contribution is 2.14. The Bertz CT molecular complexity index is 182. The SMILES string of the molecule is C=C/C(C)=C(\C=C/C)CCCC. The molecule has 0 radical (unpaired) electrons. The van der Waals surface area contributed by atoms with Gasteiger partial charge in [0, 0.05) is 0 Å². The van der Waals surface area contributed by atoms with E-state index in [1.165, 1.54) is 30.4 Å². The molecule has 0 bridgehead atoms. The molecule has 68 valence electrons. The summed E-state index contributed by atoms with van der Waals surface area (Å²) in [6.45, 7) is 10.2. The van der Waals surface area contributed by atoms with Crippen LogP contribution in [0.1, 0.15) is 40.0 Å². The number of unbranched alkanes of at least 4 members (excludes halogenated alkanes) is 1. The van der Waals surface area contributed by atoms with Crippen molar-refractivity contribution >= 4 is 0 Å². The molecule has 0 N–H and O–H groups in total. The summed E-state index contributed by atoms with van der Waals surface area (Å²) in [5.41, 5.74) is 2.73. The van der Waals surface area contributed by atoms with Crippen LogP contribution in [-0.2, 0) is 0 Å². The number of rotatable bonds is 5. The molecular weight excluding hydrogens is 144 g/mol. The van der Waals surface area contributed by atoms with Gasteiger partial charge in [0.25, 0.3) is 0 Å². The lowest BCUT2D eigenvalue weighted by molar-refractivity contribution is 0.794. The van der Waals surface area contributed by atoms with Crippen LogP contribution >= 0.6 is 0 Å². The van der Waals surface area contributed by atoms with Gasteiger partial charge in [0.2, 0.25) is 0 Å². The van der Waals surface area contributed by atoms with Crippen molar-refractivity contribution < 1.29 is 0 Å². The zero-order chi connectivity index (χ0) is 9.40. The van der Waals surface area contributed by atoms with Gasteiger partial charge in [0.1, 0.15) is 0 Å². The van der Waals surface area contributed by atoms with Crippen LogP contribution in [0.5, 0.6) is 0 Å². The van der Waals surface area contributed by atoms with Gasteiger partial charge in [0.05, 0.1) is 0 Å². The largest absolute Gasteiger partial charge is 0.0988 e. The van der Waals surface area contributed by atoms with E-state index in [0.717, 1.165) is 0 Å². The summed E-state index contributed by atoms with van der Waals surface area (Å²) in [6, 6.07) is 0. The van der Waals surface area contributed by atoms with E-state index in [-0.39, 0.29) is 0 Å². The molecule has 0 amide bonds. The molecule has 0 heteroatoms. The van der Waals surface area contributed by atoms with Gasteiger partial charge in [-0.15, -0.1) is 0 Å². The van der Waals surface area contributed by atoms with Gasteiger partial charge in [-0.1, -0.05) is 38.2 Å². The Morgan fingerprint density at radius 1 is 1.42 bits per heavy atom. The van der Waals surface area contributed by atoms with E-state index in [0.29, 0.717) is 0 Å². The first-order valence-corrected chi connectivity index (χ1v) is 4.71. The lowest BCUT2D eigenvalue weighted by Crippen LogP contribution is -1.83. The van der Waals surface area contributed by atoms with Gasteiger partial charge in [-0.25, -0.2) is 0 Å². The Labute approximate surface area is 76.7 Å². The first-order chi connectivity index (χ1) is 5.76. The summed E-state index contributed by atoms with van der Waals surface area (Å²) in [7, 11) is 0. The van der Waals surface area contributed by atoms with E-state index < -0.39 is 0 Å². The maximum atomic E-state index is 3.78. The zero-order valence-corrected chi connectivity index (χ0v) is 8.56. The molecule has 0 saturated carbocycles. The maximum absolute atomic E-state index is 3.78. The van der Waals surface area contributed by atoms with E-state index in [9.17, 15) is 0 Å². The minimum absolute atomic E-state index is 1.18. The summed E-state index contributed by atoms with van der Waals surface area (Å²) in [5, 5.41) is 0. The molecule has 0 aliphatic heterocycles. The van der Waals surface area contributed by atoms with Gasteiger partial charge < -0.3 is 0 Å². The summed E-state index contributed by atoms with van der Waals surface area (Å²) >= 11 is 0. The first-order valence-electron chi connectivity index (χ1n) is 4.71. The van der Waals surface area contributed by atoms with Crippen molar-refractivity contribution in [2.75, 3.05) is 0 Å². The fourth-order valence-electron chi connectivity index (χ4n) is 1.11. The average Bonchev–Trinajstić information content (AvgIpc) is 2.11. The Balaban J connectivity index is 4.31. The third-order valence-corrected chi connectivity index (χ3v) is 1.98. The van der Waals surface area contributed by atoms with Gasteiger partial charge in [-0.3, -0.25) is 0 Å². The molecule has 0 aliphatic carbocycles. The Hall–Kier alpha value is -0.780. The molecule has 0 nitrogen and oxygen atoms in total. The molecular formula is C12H20. The molecule has 0 atom stereocenters. The van der Waals surface area contributed by atoms with Crippen molar-refractivity contribution in [2.24, 2.45) is 0 Å². The topological polar surface area (TPSA) is 0 Å². The summed E-state index contributed by atoms with van der Waals surface area (Å²) < 4.78 is 0. The van der Waals surface area contributed by atoms with Crippen LogP contribution in [0.4, 0.5) is 0 Å². The quantitative estimate of drug-likeness (QED) is 0.533. The van der Waals surface area contributed by atoms with Crippen LogP contribution in [0.15, 0.2) is 36.0 Å². The van der Waals surface area contributed by atoms with Crippen molar-refractivity contribution in [3.05, 3.63) is 36.0 Å². The highest BCUT2D eigenvalue weighted by atomic mass is 14.0. The third-order valence-electron chi connectivity index (χ3n) is 1.98. The zero-order valence-electron chi connectivity index (χ0n) is 8.56. The van der Waals surface area contributed by atoms with Gasteiger partial charge in [0.15, 0.2) is 0 Å². The van der Waals surface area contributed by atoms with E-state index in [1.54, 1.807) is 0 Å². The van der Waals surface area contributed by atoms with E-state index in [4.69, 9.17) is 0 Å². The van der Waals surface area contributed by atoms with Gasteiger partial charge in [-0.05, 0) is 37.8 Å². The van der Waals surface area contributed by atoms with Crippen molar-refractivity contribution in [1.82, 2.24) is 0 Å². The van der Waals surface area contributed by atoms with Crippen LogP contribution in [0.3, 0.4) is 0 Å². The smallest absolute Gasteiger partial charge is 0.0276 e. The average molecular weight is 164 g/mol. The molecule has 12 heavy (non-hydrogen) atoms. The second kappa shape index (κ2) is 6.90. The number of hydrogen-bond acceptors (Lipinski definition) is 0. The lowest BCUT2D eigenvalue weighted by atomic mass is 10.0. The highest BCUT2D eigenvalue weighted by Gasteiger charge is 1.94. The predicted molar refractivity (Wildman–Crippen MR) is 57.2 cm³/mol. The first kappa shape index (κ1) is 11.2. The van der Waals surface area contributed by atoms with E-state index >= 15 is 0 Å². The molecule has 0 unspecified atom stereocenters. The van der Waals surface area contributed by atoms with Crippen LogP contribution in [0.25, 0.3) is 0 Å². The molecule has 0 heterocycles. The fraction of sp³-hybridized carbons (Fsp3) is 0.500. The minimum atomic E-state index is 1.18.